The first-order valence-electron chi connectivity index (χ1n) is 15.2. The number of hydrogen-bond acceptors (Lipinski definition) is 22. The van der Waals surface area contributed by atoms with Crippen LogP contribution in [0.3, 0.4) is 0 Å². The van der Waals surface area contributed by atoms with Crippen molar-refractivity contribution < 1.29 is 110 Å². The molecule has 0 saturated carbocycles. The smallest absolute Gasteiger partial charge is 0.338 e. The summed E-state index contributed by atoms with van der Waals surface area (Å²) in [5.41, 5.74) is -3.27. The van der Waals surface area contributed by atoms with Gasteiger partial charge in [0, 0.05) is 5.56 Å². The number of aliphatic hydroxyl groups is 2. The summed E-state index contributed by atoms with van der Waals surface area (Å²) < 4.78 is 15.2. The van der Waals surface area contributed by atoms with Crippen LogP contribution >= 0.6 is 0 Å². The van der Waals surface area contributed by atoms with Gasteiger partial charge in [-0.05, 0) is 48.5 Å². The number of esters is 3. The Hall–Kier alpha value is -7.85. The fourth-order valence-electron chi connectivity index (χ4n) is 4.73. The van der Waals surface area contributed by atoms with Crippen molar-refractivity contribution in [3.63, 3.8) is 0 Å². The lowest BCUT2D eigenvalue weighted by molar-refractivity contribution is -0.146. The van der Waals surface area contributed by atoms with E-state index in [2.05, 4.69) is 0 Å². The van der Waals surface area contributed by atoms with Crippen molar-refractivity contribution in [1.82, 2.24) is 0 Å². The number of rotatable bonds is 13. The highest BCUT2D eigenvalue weighted by Crippen LogP contribution is 2.39. The molecule has 0 aromatic heterocycles. The maximum Gasteiger partial charge on any atom is 0.338 e. The summed E-state index contributed by atoms with van der Waals surface area (Å²) in [4.78, 5) is 66.0. The number of benzene rings is 4. The summed E-state index contributed by atoms with van der Waals surface area (Å²) >= 11 is 0. The fourth-order valence-corrected chi connectivity index (χ4v) is 4.73. The first kappa shape index (κ1) is 40.9. The van der Waals surface area contributed by atoms with Crippen molar-refractivity contribution in [3.05, 3.63) is 70.8 Å². The summed E-state index contributed by atoms with van der Waals surface area (Å²) in [6, 6.07) is 4.10. The maximum atomic E-state index is 13.4. The van der Waals surface area contributed by atoms with Crippen LogP contribution in [0.5, 0.6) is 69.0 Å². The molecule has 0 fully saturated rings. The molecule has 0 heterocycles. The van der Waals surface area contributed by atoms with Crippen LogP contribution in [0, 0.1) is 0 Å². The maximum absolute atomic E-state index is 13.4. The average molecular weight is 789 g/mol. The molecular weight excluding hydrogens is 760 g/mol. The van der Waals surface area contributed by atoms with Gasteiger partial charge in [0.05, 0.1) is 16.7 Å². The van der Waals surface area contributed by atoms with Crippen molar-refractivity contribution in [2.45, 2.75) is 24.4 Å². The van der Waals surface area contributed by atoms with E-state index >= 15 is 0 Å². The van der Waals surface area contributed by atoms with Crippen LogP contribution in [-0.4, -0.2) is 132 Å². The lowest BCUT2D eigenvalue weighted by Gasteiger charge is -2.32. The van der Waals surface area contributed by atoms with Crippen molar-refractivity contribution >= 4 is 29.5 Å². The van der Waals surface area contributed by atoms with Crippen molar-refractivity contribution in [1.29, 1.82) is 0 Å². The third-order valence-electron chi connectivity index (χ3n) is 7.63. The molecule has 0 unspecified atom stereocenters. The van der Waals surface area contributed by atoms with E-state index in [0.717, 1.165) is 0 Å². The van der Waals surface area contributed by atoms with E-state index in [1.165, 1.54) is 0 Å². The molecule has 14 N–H and O–H groups in total. The van der Waals surface area contributed by atoms with Gasteiger partial charge >= 0.3 is 17.9 Å². The molecule has 0 saturated heterocycles. The largest absolute Gasteiger partial charge is 0.504 e. The van der Waals surface area contributed by atoms with Gasteiger partial charge in [0.1, 0.15) is 12.7 Å². The Morgan fingerprint density at radius 1 is 0.429 bits per heavy atom. The van der Waals surface area contributed by atoms with Crippen molar-refractivity contribution in [2.75, 3.05) is 6.61 Å². The molecule has 4 atom stereocenters. The SMILES string of the molecule is O=C(OC[C@@H](O)[C@@H](OC(=O)c1cc(O)c(O)c(O)c1)[C@H](OC(=O)c1cc(O)c(O)c(O)c1)[C@@H](O)C(=O)C(=O)c1cc(O)c(O)c(O)c1)c1cc(O)c(O)c(O)c1. The summed E-state index contributed by atoms with van der Waals surface area (Å²) in [6.07, 6.45) is -11.2. The highest BCUT2D eigenvalue weighted by Gasteiger charge is 2.45. The van der Waals surface area contributed by atoms with E-state index in [4.69, 9.17) is 14.2 Å². The molecule has 0 spiro atoms. The first-order valence-corrected chi connectivity index (χ1v) is 15.2. The summed E-state index contributed by atoms with van der Waals surface area (Å²) in [5, 5.41) is 140. The third kappa shape index (κ3) is 8.51. The molecule has 4 aromatic rings. The van der Waals surface area contributed by atoms with Gasteiger partial charge in [0.25, 0.3) is 0 Å². The molecule has 4 aromatic carbocycles. The highest BCUT2D eigenvalue weighted by atomic mass is 16.6. The highest BCUT2D eigenvalue weighted by molar-refractivity contribution is 6.45. The number of aromatic hydroxyl groups is 12. The van der Waals surface area contributed by atoms with Crippen LogP contribution in [0.25, 0.3) is 0 Å². The van der Waals surface area contributed by atoms with Gasteiger partial charge in [-0.15, -0.1) is 0 Å². The Balaban J connectivity index is 1.81. The van der Waals surface area contributed by atoms with E-state index in [9.17, 15) is 95.5 Å². The number of hydrogen-bond donors (Lipinski definition) is 14. The fraction of sp³-hybridized carbons (Fsp3) is 0.147. The minimum Gasteiger partial charge on any atom is -0.504 e. The Labute approximate surface area is 310 Å². The molecule has 0 aliphatic heterocycles. The number of Topliss-reactive ketones (excluding diaryl/α,β-unsaturated/α-hetero) is 2. The van der Waals surface area contributed by atoms with Gasteiger partial charge in [-0.25, -0.2) is 14.4 Å². The minimum atomic E-state index is -3.07. The number of carbonyl (C=O) groups is 5. The van der Waals surface area contributed by atoms with E-state index < -0.39 is 152 Å². The van der Waals surface area contributed by atoms with Crippen LogP contribution in [0.1, 0.15) is 41.4 Å². The molecule has 0 aliphatic carbocycles. The zero-order valence-electron chi connectivity index (χ0n) is 27.7. The molecule has 4 rings (SSSR count). The molecule has 22 heteroatoms. The van der Waals surface area contributed by atoms with E-state index in [1.807, 2.05) is 0 Å². The Kier molecular flexibility index (Phi) is 11.7. The van der Waals surface area contributed by atoms with Crippen LogP contribution in [-0.2, 0) is 19.0 Å². The second kappa shape index (κ2) is 16.0. The summed E-state index contributed by atoms with van der Waals surface area (Å²) in [7, 11) is 0. The predicted molar refractivity (Wildman–Crippen MR) is 176 cm³/mol. The monoisotopic (exact) mass is 788 g/mol. The van der Waals surface area contributed by atoms with Gasteiger partial charge in [0.2, 0.25) is 11.6 Å². The molecular formula is C34H28O22. The zero-order chi connectivity index (χ0) is 41.9. The normalized spacial score (nSPS) is 13.1. The van der Waals surface area contributed by atoms with E-state index in [-0.39, 0.29) is 0 Å². The van der Waals surface area contributed by atoms with Crippen LogP contribution < -0.4 is 0 Å². The molecule has 56 heavy (non-hydrogen) atoms. The molecule has 0 bridgehead atoms. The van der Waals surface area contributed by atoms with Crippen molar-refractivity contribution in [2.24, 2.45) is 0 Å². The van der Waals surface area contributed by atoms with Gasteiger partial charge in [-0.2, -0.15) is 0 Å². The lowest BCUT2D eigenvalue weighted by atomic mass is 9.94. The standard InChI is InChI=1S/C34H28O22/c35-14-1-10(2-15(36)24(14)45)23(44)28(49)29(50)31(56-34(53)13-7-20(41)27(48)21(42)8-13)30(55-33(52)12-5-18(39)26(47)19(40)6-12)22(43)9-54-32(51)11-3-16(37)25(46)17(38)4-11/h1-8,22,29-31,35-43,45-48,50H,9H2/t22-,29+,30-,31-/m1/s1. The molecule has 296 valence electrons. The van der Waals surface area contributed by atoms with Gasteiger partial charge in [-0.3, -0.25) is 9.59 Å². The average Bonchev–Trinajstić information content (AvgIpc) is 3.15. The zero-order valence-corrected chi connectivity index (χ0v) is 27.7. The van der Waals surface area contributed by atoms with Gasteiger partial charge in [0.15, 0.2) is 87.3 Å². The number of phenols is 12. The summed E-state index contributed by atoms with van der Waals surface area (Å²) in [6.45, 7) is -1.38. The predicted octanol–water partition coefficient (Wildman–Crippen LogP) is -0.0644. The molecule has 22 nitrogen and oxygen atoms in total. The first-order chi connectivity index (χ1) is 26.1. The van der Waals surface area contributed by atoms with Crippen LogP contribution in [0.2, 0.25) is 0 Å². The van der Waals surface area contributed by atoms with Crippen LogP contribution in [0.4, 0.5) is 0 Å². The quantitative estimate of drug-likeness (QED) is 0.0277. The number of aliphatic hydroxyl groups excluding tert-OH is 2. The lowest BCUT2D eigenvalue weighted by Crippen LogP contribution is -2.54. The number of carbonyl (C=O) groups excluding carboxylic acids is 5. The summed E-state index contributed by atoms with van der Waals surface area (Å²) in [5.74, 6) is -21.9. The Morgan fingerprint density at radius 2 is 0.714 bits per heavy atom. The van der Waals surface area contributed by atoms with Crippen molar-refractivity contribution in [3.8, 4) is 69.0 Å². The Bertz CT molecular complexity index is 2150. The number of ketones is 2. The minimum absolute atomic E-state index is 0.458. The molecule has 0 aliphatic rings. The number of ether oxygens (including phenoxy) is 3. The van der Waals surface area contributed by atoms with E-state index in [1.54, 1.807) is 0 Å². The second-order valence-corrected chi connectivity index (χ2v) is 11.5. The van der Waals surface area contributed by atoms with Gasteiger partial charge in [-0.1, -0.05) is 0 Å². The topological polar surface area (TPSA) is 396 Å². The Morgan fingerprint density at radius 3 is 1.05 bits per heavy atom. The number of phenolic OH excluding ortho intramolecular Hbond substituents is 12. The van der Waals surface area contributed by atoms with Crippen LogP contribution in [0.15, 0.2) is 48.5 Å². The second-order valence-electron chi connectivity index (χ2n) is 11.5. The molecule has 0 radical (unpaired) electrons. The molecule has 0 amide bonds. The van der Waals surface area contributed by atoms with E-state index in [0.29, 0.717) is 48.5 Å². The third-order valence-corrected chi connectivity index (χ3v) is 7.63. The van der Waals surface area contributed by atoms with Gasteiger partial charge < -0.3 is 85.7 Å².